The highest BCUT2D eigenvalue weighted by Gasteiger charge is 2.18. The molecular formula is C12H16N2O5. The van der Waals surface area contributed by atoms with Crippen LogP contribution in [0.2, 0.25) is 0 Å². The molecule has 1 rings (SSSR count). The van der Waals surface area contributed by atoms with Gasteiger partial charge in [-0.1, -0.05) is 6.07 Å². The van der Waals surface area contributed by atoms with Crippen molar-refractivity contribution in [1.82, 2.24) is 9.88 Å². The van der Waals surface area contributed by atoms with Gasteiger partial charge < -0.3 is 20.1 Å². The smallest absolute Gasteiger partial charge is 0.326 e. The van der Waals surface area contributed by atoms with Crippen LogP contribution in [0.15, 0.2) is 29.2 Å². The Bertz CT molecular complexity index is 497. The number of hydrogen-bond donors (Lipinski definition) is 3. The molecule has 19 heavy (non-hydrogen) atoms. The number of carboxylic acid groups (broad SMARTS) is 1. The van der Waals surface area contributed by atoms with E-state index in [1.807, 2.05) is 0 Å². The molecule has 1 heterocycles. The van der Waals surface area contributed by atoms with E-state index >= 15 is 0 Å². The maximum Gasteiger partial charge on any atom is 0.326 e. The largest absolute Gasteiger partial charge is 0.480 e. The number of aliphatic hydroxyl groups excluding tert-OH is 1. The number of rotatable bonds is 7. The number of carbonyl (C=O) groups excluding carboxylic acids is 1. The van der Waals surface area contributed by atoms with Crippen LogP contribution in [0.25, 0.3) is 0 Å². The minimum absolute atomic E-state index is 0.000865. The number of aliphatic hydroxyl groups is 1. The lowest BCUT2D eigenvalue weighted by molar-refractivity contribution is -0.142. The minimum atomic E-state index is -1.20. The van der Waals surface area contributed by atoms with E-state index in [0.29, 0.717) is 0 Å². The second-order valence-corrected chi connectivity index (χ2v) is 3.95. The molecule has 3 N–H and O–H groups in total. The number of nitrogens with one attached hydrogen (secondary N) is 1. The number of aliphatic carboxylic acids is 1. The molecule has 1 aromatic rings. The fraction of sp³-hybridized carbons (Fsp3) is 0.417. The molecule has 0 fully saturated rings. The van der Waals surface area contributed by atoms with E-state index in [-0.39, 0.29) is 31.6 Å². The van der Waals surface area contributed by atoms with Gasteiger partial charge in [0.05, 0.1) is 0 Å². The monoisotopic (exact) mass is 268 g/mol. The normalized spacial score (nSPS) is 11.8. The maximum absolute atomic E-state index is 11.5. The van der Waals surface area contributed by atoms with Gasteiger partial charge in [-0.05, 0) is 6.07 Å². The molecule has 0 bridgehead atoms. The third-order valence-corrected chi connectivity index (χ3v) is 2.53. The summed E-state index contributed by atoms with van der Waals surface area (Å²) in [7, 11) is 0. The van der Waals surface area contributed by atoms with Crippen molar-refractivity contribution >= 4 is 11.9 Å². The van der Waals surface area contributed by atoms with E-state index in [0.717, 1.165) is 0 Å². The average Bonchev–Trinajstić information content (AvgIpc) is 2.37. The van der Waals surface area contributed by atoms with Crippen LogP contribution in [0.3, 0.4) is 0 Å². The molecule has 0 saturated heterocycles. The van der Waals surface area contributed by atoms with E-state index in [4.69, 9.17) is 10.2 Å². The predicted octanol–water partition coefficient (Wildman–Crippen LogP) is -0.810. The highest BCUT2D eigenvalue weighted by Crippen LogP contribution is 1.94. The third-order valence-electron chi connectivity index (χ3n) is 2.53. The summed E-state index contributed by atoms with van der Waals surface area (Å²) in [6.07, 6.45) is 1.50. The third kappa shape index (κ3) is 4.92. The fourth-order valence-corrected chi connectivity index (χ4v) is 1.52. The highest BCUT2D eigenvalue weighted by molar-refractivity contribution is 5.83. The van der Waals surface area contributed by atoms with Crippen LogP contribution in [0.4, 0.5) is 0 Å². The summed E-state index contributed by atoms with van der Waals surface area (Å²) in [4.78, 5) is 33.7. The van der Waals surface area contributed by atoms with Gasteiger partial charge in [0.1, 0.15) is 6.04 Å². The molecule has 104 valence electrons. The zero-order valence-corrected chi connectivity index (χ0v) is 10.3. The molecule has 7 heteroatoms. The van der Waals surface area contributed by atoms with Crippen LogP contribution in [0.1, 0.15) is 12.8 Å². The first-order valence-corrected chi connectivity index (χ1v) is 5.83. The van der Waals surface area contributed by atoms with Gasteiger partial charge in [-0.2, -0.15) is 0 Å². The van der Waals surface area contributed by atoms with E-state index in [9.17, 15) is 14.4 Å². The van der Waals surface area contributed by atoms with Crippen molar-refractivity contribution in [3.05, 3.63) is 34.7 Å². The molecule has 1 amide bonds. The summed E-state index contributed by atoms with van der Waals surface area (Å²) in [6, 6.07) is 3.54. The Labute approximate surface area is 109 Å². The summed E-state index contributed by atoms with van der Waals surface area (Å²) in [5.41, 5.74) is -0.222. The lowest BCUT2D eigenvalue weighted by Gasteiger charge is -2.13. The molecule has 1 aromatic heterocycles. The number of aryl methyl sites for hydroxylation is 1. The van der Waals surface area contributed by atoms with Gasteiger partial charge in [-0.3, -0.25) is 9.59 Å². The summed E-state index contributed by atoms with van der Waals surface area (Å²) in [6.45, 7) is -0.146. The molecule has 7 nitrogen and oxygen atoms in total. The van der Waals surface area contributed by atoms with Crippen molar-refractivity contribution in [2.24, 2.45) is 0 Å². The Morgan fingerprint density at radius 3 is 2.68 bits per heavy atom. The number of nitrogens with zero attached hydrogens (tertiary/aromatic N) is 1. The maximum atomic E-state index is 11.5. The highest BCUT2D eigenvalue weighted by atomic mass is 16.4. The lowest BCUT2D eigenvalue weighted by atomic mass is 10.2. The Hall–Kier alpha value is -2.15. The van der Waals surface area contributed by atoms with Crippen LogP contribution >= 0.6 is 0 Å². The van der Waals surface area contributed by atoms with Gasteiger partial charge in [0, 0.05) is 38.3 Å². The first kappa shape index (κ1) is 14.9. The number of amides is 1. The molecular weight excluding hydrogens is 252 g/mol. The van der Waals surface area contributed by atoms with Crippen molar-refractivity contribution < 1.29 is 19.8 Å². The zero-order valence-electron chi connectivity index (χ0n) is 10.3. The Balaban J connectivity index is 2.49. The quantitative estimate of drug-likeness (QED) is 0.599. The van der Waals surface area contributed by atoms with Gasteiger partial charge >= 0.3 is 5.97 Å². The molecule has 0 unspecified atom stereocenters. The van der Waals surface area contributed by atoms with E-state index in [1.165, 1.54) is 10.6 Å². The van der Waals surface area contributed by atoms with Gasteiger partial charge in [-0.25, -0.2) is 4.79 Å². The van der Waals surface area contributed by atoms with Crippen molar-refractivity contribution in [1.29, 1.82) is 0 Å². The molecule has 0 spiro atoms. The summed E-state index contributed by atoms with van der Waals surface area (Å²) in [5, 5.41) is 19.8. The first-order chi connectivity index (χ1) is 9.04. The van der Waals surface area contributed by atoms with Crippen LogP contribution in [-0.4, -0.2) is 39.3 Å². The summed E-state index contributed by atoms with van der Waals surface area (Å²) < 4.78 is 1.36. The number of aromatic nitrogens is 1. The van der Waals surface area contributed by atoms with Gasteiger partial charge in [0.2, 0.25) is 5.91 Å². The first-order valence-electron chi connectivity index (χ1n) is 5.83. The van der Waals surface area contributed by atoms with Crippen LogP contribution in [0, 0.1) is 0 Å². The minimum Gasteiger partial charge on any atom is -0.480 e. The van der Waals surface area contributed by atoms with Crippen LogP contribution in [-0.2, 0) is 16.1 Å². The van der Waals surface area contributed by atoms with Crippen LogP contribution < -0.4 is 10.9 Å². The number of carboxylic acids is 1. The molecule has 0 radical (unpaired) electrons. The Morgan fingerprint density at radius 1 is 1.37 bits per heavy atom. The van der Waals surface area contributed by atoms with Crippen molar-refractivity contribution in [2.75, 3.05) is 6.61 Å². The topological polar surface area (TPSA) is 109 Å². The van der Waals surface area contributed by atoms with Crippen molar-refractivity contribution in [2.45, 2.75) is 25.4 Å². The van der Waals surface area contributed by atoms with E-state index in [2.05, 4.69) is 5.32 Å². The lowest BCUT2D eigenvalue weighted by Crippen LogP contribution is -2.41. The molecule has 0 aliphatic rings. The zero-order chi connectivity index (χ0) is 14.3. The number of carbonyl (C=O) groups is 2. The molecule has 0 aromatic carbocycles. The molecule has 0 aliphatic carbocycles. The van der Waals surface area contributed by atoms with E-state index < -0.39 is 17.9 Å². The second-order valence-electron chi connectivity index (χ2n) is 3.95. The van der Waals surface area contributed by atoms with Crippen molar-refractivity contribution in [3.8, 4) is 0 Å². The van der Waals surface area contributed by atoms with Gasteiger partial charge in [0.25, 0.3) is 5.56 Å². The number of hydrogen-bond acceptors (Lipinski definition) is 4. The molecule has 0 saturated carbocycles. The Morgan fingerprint density at radius 2 is 2.11 bits per heavy atom. The average molecular weight is 268 g/mol. The van der Waals surface area contributed by atoms with Crippen molar-refractivity contribution in [3.63, 3.8) is 0 Å². The van der Waals surface area contributed by atoms with E-state index in [1.54, 1.807) is 18.3 Å². The summed E-state index contributed by atoms with van der Waals surface area (Å²) >= 11 is 0. The Kier molecular flexibility index (Phi) is 5.74. The fourth-order valence-electron chi connectivity index (χ4n) is 1.52. The predicted molar refractivity (Wildman–Crippen MR) is 66.6 cm³/mol. The molecule has 1 atom stereocenters. The van der Waals surface area contributed by atoms with Gasteiger partial charge in [-0.15, -0.1) is 0 Å². The van der Waals surface area contributed by atoms with Crippen LogP contribution in [0.5, 0.6) is 0 Å². The molecule has 0 aliphatic heterocycles. The SMILES string of the molecule is O=C(CCn1ccccc1=O)N[C@@H](CCO)C(=O)O. The second kappa shape index (κ2) is 7.32. The van der Waals surface area contributed by atoms with Gasteiger partial charge in [0.15, 0.2) is 0 Å². The standard InChI is InChI=1S/C12H16N2O5/c15-8-5-9(12(18)19)13-10(16)4-7-14-6-2-1-3-11(14)17/h1-3,6,9,15H,4-5,7-8H2,(H,13,16)(H,18,19)/t9-/m0/s1. The summed E-state index contributed by atoms with van der Waals surface area (Å²) in [5.74, 6) is -1.67. The number of pyridine rings is 1.